The highest BCUT2D eigenvalue weighted by molar-refractivity contribution is 5.89. The van der Waals surface area contributed by atoms with E-state index in [4.69, 9.17) is 13.9 Å². The topological polar surface area (TPSA) is 74.5 Å². The Bertz CT molecular complexity index is 830. The first kappa shape index (κ1) is 15.7. The van der Waals surface area contributed by atoms with Gasteiger partial charge in [-0.2, -0.15) is 0 Å². The normalized spacial score (nSPS) is 11.8. The summed E-state index contributed by atoms with van der Waals surface area (Å²) in [6, 6.07) is 16.1. The van der Waals surface area contributed by atoms with E-state index < -0.39 is 12.1 Å². The molecular weight excluding hydrogens is 308 g/mol. The van der Waals surface area contributed by atoms with Crippen molar-refractivity contribution >= 4 is 5.97 Å². The number of carbonyl (C=O) groups is 1. The molecule has 0 radical (unpaired) electrons. The maximum Gasteiger partial charge on any atom is 0.339 e. The molecule has 1 atom stereocenters. The maximum absolute atomic E-state index is 12.2. The van der Waals surface area contributed by atoms with E-state index in [2.05, 4.69) is 10.2 Å². The van der Waals surface area contributed by atoms with Gasteiger partial charge in [-0.25, -0.2) is 4.79 Å². The van der Waals surface area contributed by atoms with E-state index >= 15 is 0 Å². The van der Waals surface area contributed by atoms with E-state index in [0.29, 0.717) is 17.2 Å². The maximum atomic E-state index is 12.2. The molecule has 3 aromatic rings. The molecule has 0 aliphatic rings. The molecule has 0 saturated heterocycles. The molecule has 0 aliphatic heterocycles. The molecule has 0 aliphatic carbocycles. The average molecular weight is 324 g/mol. The zero-order valence-corrected chi connectivity index (χ0v) is 13.3. The Morgan fingerprint density at radius 2 is 1.88 bits per heavy atom. The summed E-state index contributed by atoms with van der Waals surface area (Å²) in [6.07, 6.45) is -0.659. The lowest BCUT2D eigenvalue weighted by atomic mass is 10.2. The molecule has 2 aromatic carbocycles. The summed E-state index contributed by atoms with van der Waals surface area (Å²) in [7, 11) is 1.54. The number of aromatic nitrogens is 2. The molecule has 24 heavy (non-hydrogen) atoms. The van der Waals surface area contributed by atoms with Crippen molar-refractivity contribution in [1.29, 1.82) is 0 Å². The Labute approximate surface area is 139 Å². The summed E-state index contributed by atoms with van der Waals surface area (Å²) in [5, 5.41) is 7.94. The molecule has 0 fully saturated rings. The third-order valence-corrected chi connectivity index (χ3v) is 3.40. The Morgan fingerprint density at radius 1 is 1.08 bits per heavy atom. The summed E-state index contributed by atoms with van der Waals surface area (Å²) in [5.74, 6) is 0.724. The van der Waals surface area contributed by atoms with Gasteiger partial charge < -0.3 is 13.9 Å². The van der Waals surface area contributed by atoms with Crippen molar-refractivity contribution in [2.75, 3.05) is 7.11 Å². The zero-order valence-electron chi connectivity index (χ0n) is 13.3. The molecule has 3 rings (SSSR count). The summed E-state index contributed by atoms with van der Waals surface area (Å²) in [6.45, 7) is 1.68. The van der Waals surface area contributed by atoms with E-state index in [1.54, 1.807) is 31.2 Å². The standard InChI is InChI=1S/C18H16N2O4/c1-12(23-18(21)14-9-6-10-15(11-14)22-2)16-19-20-17(24-16)13-7-4-3-5-8-13/h3-12H,1-2H3/t12-/m0/s1. The fourth-order valence-electron chi connectivity index (χ4n) is 2.13. The van der Waals surface area contributed by atoms with Gasteiger partial charge in [0.25, 0.3) is 5.89 Å². The Hall–Kier alpha value is -3.15. The molecule has 0 spiro atoms. The number of rotatable bonds is 5. The minimum atomic E-state index is -0.659. The minimum absolute atomic E-state index is 0.241. The van der Waals surface area contributed by atoms with Crippen molar-refractivity contribution in [1.82, 2.24) is 10.2 Å². The molecule has 6 heteroatoms. The van der Waals surface area contributed by atoms with Crippen molar-refractivity contribution in [3.63, 3.8) is 0 Å². The van der Waals surface area contributed by atoms with Crippen LogP contribution in [0.25, 0.3) is 11.5 Å². The quantitative estimate of drug-likeness (QED) is 0.667. The molecule has 0 bridgehead atoms. The van der Waals surface area contributed by atoms with Gasteiger partial charge in [0.1, 0.15) is 5.75 Å². The number of methoxy groups -OCH3 is 1. The van der Waals surface area contributed by atoms with Gasteiger partial charge in [-0.1, -0.05) is 24.3 Å². The first-order chi connectivity index (χ1) is 11.7. The fourth-order valence-corrected chi connectivity index (χ4v) is 2.13. The lowest BCUT2D eigenvalue weighted by Crippen LogP contribution is -2.09. The van der Waals surface area contributed by atoms with Crippen LogP contribution in [0.15, 0.2) is 59.0 Å². The van der Waals surface area contributed by atoms with E-state index in [1.165, 1.54) is 7.11 Å². The van der Waals surface area contributed by atoms with Crippen LogP contribution in [0.5, 0.6) is 5.75 Å². The second-order valence-electron chi connectivity index (χ2n) is 5.09. The highest BCUT2D eigenvalue weighted by atomic mass is 16.6. The number of esters is 1. The Balaban J connectivity index is 1.72. The van der Waals surface area contributed by atoms with Crippen LogP contribution in [0.4, 0.5) is 0 Å². The first-order valence-corrected chi connectivity index (χ1v) is 7.41. The van der Waals surface area contributed by atoms with Gasteiger partial charge in [-0.3, -0.25) is 0 Å². The highest BCUT2D eigenvalue weighted by Gasteiger charge is 2.20. The predicted molar refractivity (Wildman–Crippen MR) is 86.6 cm³/mol. The van der Waals surface area contributed by atoms with Crippen LogP contribution < -0.4 is 4.74 Å². The lowest BCUT2D eigenvalue weighted by Gasteiger charge is -2.10. The van der Waals surface area contributed by atoms with E-state index in [-0.39, 0.29) is 5.89 Å². The Kier molecular flexibility index (Phi) is 4.56. The molecular formula is C18H16N2O4. The second-order valence-corrected chi connectivity index (χ2v) is 5.09. The van der Waals surface area contributed by atoms with Crippen LogP contribution in [0, 0.1) is 0 Å². The largest absolute Gasteiger partial charge is 0.497 e. The van der Waals surface area contributed by atoms with Crippen molar-refractivity contribution in [2.24, 2.45) is 0 Å². The summed E-state index contributed by atoms with van der Waals surface area (Å²) >= 11 is 0. The predicted octanol–water partition coefficient (Wildman–Crippen LogP) is 3.66. The van der Waals surface area contributed by atoms with E-state index in [1.807, 2.05) is 30.3 Å². The van der Waals surface area contributed by atoms with Crippen LogP contribution in [0.3, 0.4) is 0 Å². The summed E-state index contributed by atoms with van der Waals surface area (Å²) in [4.78, 5) is 12.2. The van der Waals surface area contributed by atoms with Gasteiger partial charge in [-0.15, -0.1) is 10.2 Å². The SMILES string of the molecule is COc1cccc(C(=O)O[C@@H](C)c2nnc(-c3ccccc3)o2)c1. The fraction of sp³-hybridized carbons (Fsp3) is 0.167. The van der Waals surface area contributed by atoms with Gasteiger partial charge in [0, 0.05) is 5.56 Å². The third kappa shape index (κ3) is 3.43. The molecule has 0 unspecified atom stereocenters. The van der Waals surface area contributed by atoms with Crippen LogP contribution in [-0.4, -0.2) is 23.3 Å². The molecule has 1 heterocycles. The van der Waals surface area contributed by atoms with Gasteiger partial charge >= 0.3 is 5.97 Å². The van der Waals surface area contributed by atoms with Crippen molar-refractivity contribution in [2.45, 2.75) is 13.0 Å². The van der Waals surface area contributed by atoms with Crippen molar-refractivity contribution in [3.05, 3.63) is 66.1 Å². The van der Waals surface area contributed by atoms with Crippen LogP contribution in [0.2, 0.25) is 0 Å². The van der Waals surface area contributed by atoms with Crippen LogP contribution >= 0.6 is 0 Å². The highest BCUT2D eigenvalue weighted by Crippen LogP contribution is 2.23. The summed E-state index contributed by atoms with van der Waals surface area (Å²) < 4.78 is 16.1. The molecule has 0 N–H and O–H groups in total. The van der Waals surface area contributed by atoms with Crippen LogP contribution in [-0.2, 0) is 4.74 Å². The first-order valence-electron chi connectivity index (χ1n) is 7.41. The molecule has 1 aromatic heterocycles. The number of nitrogens with zero attached hydrogens (tertiary/aromatic N) is 2. The molecule has 0 amide bonds. The number of hydrogen-bond donors (Lipinski definition) is 0. The van der Waals surface area contributed by atoms with Gasteiger partial charge in [0.15, 0.2) is 6.10 Å². The molecule has 0 saturated carbocycles. The smallest absolute Gasteiger partial charge is 0.339 e. The third-order valence-electron chi connectivity index (χ3n) is 3.40. The van der Waals surface area contributed by atoms with Crippen molar-refractivity contribution < 1.29 is 18.7 Å². The number of ether oxygens (including phenoxy) is 2. The minimum Gasteiger partial charge on any atom is -0.497 e. The summed E-state index contributed by atoms with van der Waals surface area (Å²) in [5.41, 5.74) is 1.20. The number of hydrogen-bond acceptors (Lipinski definition) is 6. The van der Waals surface area contributed by atoms with Crippen LogP contribution in [0.1, 0.15) is 29.3 Å². The van der Waals surface area contributed by atoms with E-state index in [0.717, 1.165) is 5.56 Å². The second kappa shape index (κ2) is 6.95. The van der Waals surface area contributed by atoms with Gasteiger partial charge in [0.05, 0.1) is 12.7 Å². The molecule has 6 nitrogen and oxygen atoms in total. The van der Waals surface area contributed by atoms with E-state index in [9.17, 15) is 4.79 Å². The monoisotopic (exact) mass is 324 g/mol. The van der Waals surface area contributed by atoms with Gasteiger partial charge in [0.2, 0.25) is 5.89 Å². The van der Waals surface area contributed by atoms with Gasteiger partial charge in [-0.05, 0) is 37.3 Å². The number of benzene rings is 2. The Morgan fingerprint density at radius 3 is 2.62 bits per heavy atom. The zero-order chi connectivity index (χ0) is 16.9. The number of carbonyl (C=O) groups excluding carboxylic acids is 1. The van der Waals surface area contributed by atoms with Crippen molar-refractivity contribution in [3.8, 4) is 17.2 Å². The molecule has 122 valence electrons. The average Bonchev–Trinajstić information content (AvgIpc) is 3.13. The lowest BCUT2D eigenvalue weighted by molar-refractivity contribution is 0.0279.